The summed E-state index contributed by atoms with van der Waals surface area (Å²) < 4.78 is 112. The van der Waals surface area contributed by atoms with Crippen molar-refractivity contribution in [1.29, 1.82) is 0 Å². The summed E-state index contributed by atoms with van der Waals surface area (Å²) in [4.78, 5) is 31.9. The molecular weight excluding hydrogens is 741 g/mol. The average Bonchev–Trinajstić information content (AvgIpc) is 2.98. The summed E-state index contributed by atoms with van der Waals surface area (Å²) in [5, 5.41) is 22.9. The molecule has 4 rings (SSSR count). The summed E-state index contributed by atoms with van der Waals surface area (Å²) in [7, 11) is -15.0. The topological polar surface area (TPSA) is 297 Å². The van der Waals surface area contributed by atoms with Gasteiger partial charge in [0.1, 0.15) is 21.4 Å². The third kappa shape index (κ3) is 9.38. The number of pyridine rings is 1. The molecule has 0 fully saturated rings. The van der Waals surface area contributed by atoms with Gasteiger partial charge in [-0.05, 0) is 55.0 Å². The zero-order valence-corrected chi connectivity index (χ0v) is 27.5. The van der Waals surface area contributed by atoms with E-state index in [1.54, 1.807) is 0 Å². The number of hydrogen-bond donors (Lipinski definition) is 6. The number of benzene rings is 2. The predicted octanol–water partition coefficient (Wildman–Crippen LogP) is 3.34. The minimum Gasteiger partial charge on any atom is -0.494 e. The molecule has 6 N–H and O–H groups in total. The highest BCUT2D eigenvalue weighted by molar-refractivity contribution is 7.86. The molecular formula is C25H21ClFN7O12S3. The fourth-order valence-electron chi connectivity index (χ4n) is 4.09. The first-order valence-corrected chi connectivity index (χ1v) is 17.9. The van der Waals surface area contributed by atoms with E-state index in [9.17, 15) is 58.0 Å². The molecule has 0 atom stereocenters. The number of nitrogens with zero attached hydrogens (tertiary/aromatic N) is 5. The molecule has 49 heavy (non-hydrogen) atoms. The molecule has 0 bridgehead atoms. The van der Waals surface area contributed by atoms with Gasteiger partial charge in [0, 0.05) is 22.5 Å². The highest BCUT2D eigenvalue weighted by Gasteiger charge is 2.25. The minimum absolute atomic E-state index is 0.0127. The van der Waals surface area contributed by atoms with Crippen LogP contribution in [-0.2, 0) is 42.0 Å². The normalized spacial score (nSPS) is 12.3. The SMILES string of the molecule is Cc1c(CS(=O)(=O)O)c(O)n(CS(=O)(=O)O)c(=O)c1N=Nc1cc(NC(=O)c2ccc(Nc3nc(F)ncc3Cl)cc2)ccc1S(=O)(=O)O. The standard InChI is InChI=1S/C25H21ClFN7O12S3/c1-12-16(10-47(38,39)40)23(36)34(11-48(41,42)43)24(37)20(12)33-32-18-8-15(6-7-19(18)49(44,45)46)30-22(35)13-2-4-14(5-3-13)29-21-17(26)9-28-25(27)31-21/h2-9,36H,10-11H2,1H3,(H,30,35)(H,28,29,31)(H,38,39,40)(H,41,42,43)(H,44,45,46). The summed E-state index contributed by atoms with van der Waals surface area (Å²) in [5.41, 5.74) is -3.85. The van der Waals surface area contributed by atoms with Gasteiger partial charge in [0.25, 0.3) is 41.8 Å². The van der Waals surface area contributed by atoms with Gasteiger partial charge in [-0.3, -0.25) is 27.8 Å². The largest absolute Gasteiger partial charge is 0.494 e. The van der Waals surface area contributed by atoms with Crippen molar-refractivity contribution in [1.82, 2.24) is 14.5 Å². The first-order chi connectivity index (χ1) is 22.6. The Kier molecular flexibility index (Phi) is 10.5. The maximum Gasteiger partial charge on any atom is 0.310 e. The smallest absolute Gasteiger partial charge is 0.310 e. The van der Waals surface area contributed by atoms with Crippen LogP contribution < -0.4 is 16.2 Å². The molecule has 0 saturated carbocycles. The Labute approximate surface area is 280 Å². The number of amides is 1. The number of rotatable bonds is 11. The van der Waals surface area contributed by atoms with E-state index in [1.165, 1.54) is 24.3 Å². The lowest BCUT2D eigenvalue weighted by Gasteiger charge is -2.15. The Morgan fingerprint density at radius 1 is 0.980 bits per heavy atom. The summed E-state index contributed by atoms with van der Waals surface area (Å²) >= 11 is 5.93. The number of aromatic hydroxyl groups is 1. The fraction of sp³-hybridized carbons (Fsp3) is 0.120. The van der Waals surface area contributed by atoms with Crippen LogP contribution in [0.25, 0.3) is 0 Å². The van der Waals surface area contributed by atoms with Crippen LogP contribution in [0.2, 0.25) is 5.02 Å². The number of aromatic nitrogens is 3. The van der Waals surface area contributed by atoms with Crippen LogP contribution in [0, 0.1) is 13.0 Å². The summed E-state index contributed by atoms with van der Waals surface area (Å²) in [6.45, 7) is 1.04. The third-order valence-corrected chi connectivity index (χ3v) is 8.69. The predicted molar refractivity (Wildman–Crippen MR) is 169 cm³/mol. The number of nitrogens with one attached hydrogen (secondary N) is 2. The van der Waals surface area contributed by atoms with E-state index < -0.39 is 92.8 Å². The van der Waals surface area contributed by atoms with Crippen molar-refractivity contribution in [3.05, 3.63) is 86.8 Å². The first kappa shape index (κ1) is 36.9. The van der Waals surface area contributed by atoms with Gasteiger partial charge in [-0.2, -0.15) is 34.6 Å². The second kappa shape index (κ2) is 13.9. The third-order valence-electron chi connectivity index (χ3n) is 6.28. The van der Waals surface area contributed by atoms with Crippen LogP contribution in [0.4, 0.5) is 33.0 Å². The Bertz CT molecular complexity index is 2410. The van der Waals surface area contributed by atoms with Crippen molar-refractivity contribution in [3.8, 4) is 5.88 Å². The highest BCUT2D eigenvalue weighted by atomic mass is 35.5. The number of azo groups is 1. The lowest BCUT2D eigenvalue weighted by molar-refractivity contribution is 0.102. The van der Waals surface area contributed by atoms with Crippen LogP contribution in [0.15, 0.2) is 68.6 Å². The van der Waals surface area contributed by atoms with Crippen LogP contribution in [0.1, 0.15) is 21.5 Å². The highest BCUT2D eigenvalue weighted by Crippen LogP contribution is 2.33. The molecule has 24 heteroatoms. The monoisotopic (exact) mass is 761 g/mol. The van der Waals surface area contributed by atoms with Crippen LogP contribution in [0.3, 0.4) is 0 Å². The molecule has 0 aliphatic heterocycles. The lowest BCUT2D eigenvalue weighted by Crippen LogP contribution is -2.26. The van der Waals surface area contributed by atoms with Gasteiger partial charge in [-0.25, -0.2) is 4.98 Å². The Morgan fingerprint density at radius 3 is 2.20 bits per heavy atom. The van der Waals surface area contributed by atoms with E-state index in [1.807, 2.05) is 0 Å². The number of halogens is 2. The molecule has 19 nitrogen and oxygen atoms in total. The average molecular weight is 762 g/mol. The number of anilines is 3. The van der Waals surface area contributed by atoms with Crippen LogP contribution >= 0.6 is 11.6 Å². The Hall–Kier alpha value is -4.91. The van der Waals surface area contributed by atoms with Crippen LogP contribution in [-0.4, -0.2) is 64.5 Å². The van der Waals surface area contributed by atoms with Crippen molar-refractivity contribution in [3.63, 3.8) is 0 Å². The molecule has 1 amide bonds. The maximum absolute atomic E-state index is 13.4. The van der Waals surface area contributed by atoms with Crippen molar-refractivity contribution in [2.24, 2.45) is 10.2 Å². The lowest BCUT2D eigenvalue weighted by atomic mass is 10.1. The molecule has 260 valence electrons. The van der Waals surface area contributed by atoms with Gasteiger partial charge in [0.05, 0.1) is 6.20 Å². The molecule has 0 saturated heterocycles. The van der Waals surface area contributed by atoms with Gasteiger partial charge >= 0.3 is 6.08 Å². The number of carbonyl (C=O) groups is 1. The van der Waals surface area contributed by atoms with Gasteiger partial charge in [-0.15, -0.1) is 10.2 Å². The molecule has 0 aliphatic carbocycles. The molecule has 0 radical (unpaired) electrons. The zero-order chi connectivity index (χ0) is 36.5. The molecule has 4 aromatic rings. The molecule has 2 aromatic heterocycles. The fourth-order valence-corrected chi connectivity index (χ4v) is 6.11. The summed E-state index contributed by atoms with van der Waals surface area (Å²) in [6, 6.07) is 8.36. The number of carbonyl (C=O) groups excluding carboxylic acids is 1. The second-order valence-electron chi connectivity index (χ2n) is 9.80. The van der Waals surface area contributed by atoms with Gasteiger partial charge in [-0.1, -0.05) is 11.6 Å². The van der Waals surface area contributed by atoms with Crippen molar-refractivity contribution < 1.29 is 53.2 Å². The van der Waals surface area contributed by atoms with Crippen molar-refractivity contribution in [2.75, 3.05) is 10.6 Å². The van der Waals surface area contributed by atoms with E-state index in [0.717, 1.165) is 31.3 Å². The van der Waals surface area contributed by atoms with Gasteiger partial charge in [0.15, 0.2) is 23.3 Å². The summed E-state index contributed by atoms with van der Waals surface area (Å²) in [6.07, 6.45) is 0.0123. The molecule has 0 aliphatic rings. The van der Waals surface area contributed by atoms with E-state index in [2.05, 4.69) is 30.8 Å². The second-order valence-corrected chi connectivity index (χ2v) is 14.5. The van der Waals surface area contributed by atoms with E-state index in [0.29, 0.717) is 5.69 Å². The molecule has 0 spiro atoms. The van der Waals surface area contributed by atoms with Crippen molar-refractivity contribution in [2.45, 2.75) is 23.4 Å². The molecule has 0 unspecified atom stereocenters. The zero-order valence-electron chi connectivity index (χ0n) is 24.3. The Balaban J connectivity index is 1.70. The van der Waals surface area contributed by atoms with E-state index in [-0.39, 0.29) is 26.7 Å². The first-order valence-electron chi connectivity index (χ1n) is 12.9. The quantitative estimate of drug-likeness (QED) is 0.0725. The van der Waals surface area contributed by atoms with Gasteiger partial charge < -0.3 is 15.7 Å². The van der Waals surface area contributed by atoms with Crippen LogP contribution in [0.5, 0.6) is 5.88 Å². The Morgan fingerprint density at radius 2 is 1.61 bits per heavy atom. The maximum atomic E-state index is 13.4. The van der Waals surface area contributed by atoms with Crippen molar-refractivity contribution >= 4 is 76.4 Å². The van der Waals surface area contributed by atoms with Gasteiger partial charge in [0.2, 0.25) is 0 Å². The molecule has 2 heterocycles. The van der Waals surface area contributed by atoms with E-state index in [4.69, 9.17) is 11.6 Å². The minimum atomic E-state index is -5.03. The number of hydrogen-bond acceptors (Lipinski definition) is 14. The van der Waals surface area contributed by atoms with E-state index >= 15 is 0 Å². The summed E-state index contributed by atoms with van der Waals surface area (Å²) in [5.74, 6) is -4.96. The molecule has 2 aromatic carbocycles.